The molecule has 1 fully saturated rings. The van der Waals surface area contributed by atoms with Crippen molar-refractivity contribution in [2.45, 2.75) is 11.8 Å². The molecule has 2 rings (SSSR count). The van der Waals surface area contributed by atoms with Gasteiger partial charge < -0.3 is 0 Å². The number of hydrogen-bond donors (Lipinski definition) is 0. The van der Waals surface area contributed by atoms with Gasteiger partial charge in [-0.15, -0.1) is 0 Å². The van der Waals surface area contributed by atoms with Crippen LogP contribution >= 0.6 is 11.8 Å². The predicted molar refractivity (Wildman–Crippen MR) is 72.8 cm³/mol. The Balaban J connectivity index is 2.08. The van der Waals surface area contributed by atoms with Gasteiger partial charge in [0.2, 0.25) is 5.91 Å². The van der Waals surface area contributed by atoms with E-state index >= 15 is 0 Å². The number of carbonyl (C=O) groups excluding carboxylic acids is 2. The van der Waals surface area contributed by atoms with Crippen molar-refractivity contribution < 1.29 is 18.0 Å². The third-order valence-corrected chi connectivity index (χ3v) is 5.37. The zero-order chi connectivity index (χ0) is 14.0. The lowest BCUT2D eigenvalue weighted by Crippen LogP contribution is -2.33. The molecule has 5 nitrogen and oxygen atoms in total. The van der Waals surface area contributed by atoms with E-state index < -0.39 is 9.84 Å². The van der Waals surface area contributed by atoms with E-state index in [1.54, 1.807) is 12.1 Å². The van der Waals surface area contributed by atoms with Gasteiger partial charge in [0.25, 0.3) is 5.24 Å². The Morgan fingerprint density at radius 1 is 1.21 bits per heavy atom. The lowest BCUT2D eigenvalue weighted by atomic mass is 10.2. The van der Waals surface area contributed by atoms with Crippen LogP contribution < -0.4 is 0 Å². The summed E-state index contributed by atoms with van der Waals surface area (Å²) in [5, 5.41) is -0.371. The molecule has 0 spiro atoms. The van der Waals surface area contributed by atoms with E-state index in [1.807, 2.05) is 6.92 Å². The summed E-state index contributed by atoms with van der Waals surface area (Å²) in [6, 6.07) is 6.50. The van der Waals surface area contributed by atoms with Crippen molar-refractivity contribution in [1.29, 1.82) is 0 Å². The maximum Gasteiger partial charge on any atom is 0.288 e. The van der Waals surface area contributed by atoms with Crippen LogP contribution in [-0.2, 0) is 14.6 Å². The molecule has 7 heteroatoms. The zero-order valence-corrected chi connectivity index (χ0v) is 12.0. The number of benzene rings is 1. The number of nitrogens with zero attached hydrogens (tertiary/aromatic N) is 1. The Morgan fingerprint density at radius 2 is 1.84 bits per heavy atom. The van der Waals surface area contributed by atoms with Crippen molar-refractivity contribution in [2.75, 3.05) is 18.1 Å². The summed E-state index contributed by atoms with van der Waals surface area (Å²) in [7, 11) is -3.47. The normalized spacial score (nSPS) is 16.2. The standard InChI is InChI=1S/C12H13NO4S2/c1-9-2-4-10(5-3-9)19(16,17)7-6-13-11(14)8-18-12(13)15/h2-5H,6-8H2,1H3. The van der Waals surface area contributed by atoms with E-state index in [1.165, 1.54) is 12.1 Å². The highest BCUT2D eigenvalue weighted by atomic mass is 32.2. The minimum Gasteiger partial charge on any atom is -0.273 e. The summed E-state index contributed by atoms with van der Waals surface area (Å²) in [5.74, 6) is -0.466. The van der Waals surface area contributed by atoms with Crippen molar-refractivity contribution in [2.24, 2.45) is 0 Å². The molecule has 1 aromatic carbocycles. The van der Waals surface area contributed by atoms with Crippen LogP contribution in [0.1, 0.15) is 5.56 Å². The minimum absolute atomic E-state index is 0.0825. The lowest BCUT2D eigenvalue weighted by Gasteiger charge is -2.12. The molecule has 0 saturated carbocycles. The lowest BCUT2D eigenvalue weighted by molar-refractivity contribution is -0.124. The van der Waals surface area contributed by atoms with Gasteiger partial charge in [-0.3, -0.25) is 14.5 Å². The smallest absolute Gasteiger partial charge is 0.273 e. The molecule has 1 saturated heterocycles. The molecule has 19 heavy (non-hydrogen) atoms. The average molecular weight is 299 g/mol. The molecule has 0 unspecified atom stereocenters. The number of rotatable bonds is 4. The minimum atomic E-state index is -3.47. The summed E-state index contributed by atoms with van der Waals surface area (Å²) in [6.07, 6.45) is 0. The number of hydrogen-bond acceptors (Lipinski definition) is 5. The molecule has 0 atom stereocenters. The summed E-state index contributed by atoms with van der Waals surface area (Å²) in [6.45, 7) is 1.79. The van der Waals surface area contributed by atoms with Crippen molar-refractivity contribution in [1.82, 2.24) is 4.90 Å². The van der Waals surface area contributed by atoms with E-state index in [0.717, 1.165) is 22.2 Å². The van der Waals surface area contributed by atoms with Crippen molar-refractivity contribution >= 4 is 32.7 Å². The SMILES string of the molecule is Cc1ccc(S(=O)(=O)CCN2C(=O)CSC2=O)cc1. The summed E-state index contributed by atoms with van der Waals surface area (Å²) in [4.78, 5) is 23.9. The van der Waals surface area contributed by atoms with Gasteiger partial charge in [0.1, 0.15) is 0 Å². The third-order valence-electron chi connectivity index (χ3n) is 2.80. The fourth-order valence-electron chi connectivity index (χ4n) is 1.67. The Morgan fingerprint density at radius 3 is 2.37 bits per heavy atom. The molecule has 0 radical (unpaired) electrons. The van der Waals surface area contributed by atoms with Crippen LogP contribution in [0.2, 0.25) is 0 Å². The first kappa shape index (κ1) is 14.1. The molecule has 1 heterocycles. The van der Waals surface area contributed by atoms with Crippen LogP contribution in [0.3, 0.4) is 0 Å². The summed E-state index contributed by atoms with van der Waals surface area (Å²) >= 11 is 0.904. The van der Waals surface area contributed by atoms with Gasteiger partial charge in [-0.1, -0.05) is 29.5 Å². The van der Waals surface area contributed by atoms with E-state index in [-0.39, 0.29) is 34.1 Å². The monoisotopic (exact) mass is 299 g/mol. The molecule has 102 valence electrons. The highest BCUT2D eigenvalue weighted by molar-refractivity contribution is 8.14. The molecule has 1 aliphatic rings. The summed E-state index contributed by atoms with van der Waals surface area (Å²) in [5.41, 5.74) is 0.972. The maximum atomic E-state index is 12.1. The summed E-state index contributed by atoms with van der Waals surface area (Å²) < 4.78 is 24.1. The predicted octanol–water partition coefficient (Wildman–Crippen LogP) is 1.46. The van der Waals surface area contributed by atoms with Crippen LogP contribution in [0.4, 0.5) is 4.79 Å². The highest BCUT2D eigenvalue weighted by Crippen LogP contribution is 2.19. The topological polar surface area (TPSA) is 71.5 Å². The molecular weight excluding hydrogens is 286 g/mol. The van der Waals surface area contributed by atoms with Crippen molar-refractivity contribution in [3.8, 4) is 0 Å². The quantitative estimate of drug-likeness (QED) is 0.842. The van der Waals surface area contributed by atoms with Crippen molar-refractivity contribution in [3.05, 3.63) is 29.8 Å². The zero-order valence-electron chi connectivity index (χ0n) is 10.3. The van der Waals surface area contributed by atoms with Crippen LogP contribution in [0.15, 0.2) is 29.2 Å². The van der Waals surface area contributed by atoms with E-state index in [4.69, 9.17) is 0 Å². The van der Waals surface area contributed by atoms with Crippen LogP contribution in [0, 0.1) is 6.92 Å². The second-order valence-corrected chi connectivity index (χ2v) is 7.27. The molecule has 1 aromatic rings. The van der Waals surface area contributed by atoms with Crippen LogP contribution in [-0.4, -0.2) is 42.5 Å². The number of thioether (sulfide) groups is 1. The van der Waals surface area contributed by atoms with Gasteiger partial charge in [-0.25, -0.2) is 8.42 Å². The number of sulfone groups is 1. The molecule has 2 amide bonds. The Labute approximate surface area is 115 Å². The Kier molecular flexibility index (Phi) is 3.96. The first-order valence-corrected chi connectivity index (χ1v) is 8.30. The second-order valence-electron chi connectivity index (χ2n) is 4.23. The number of amides is 2. The largest absolute Gasteiger partial charge is 0.288 e. The van der Waals surface area contributed by atoms with Gasteiger partial charge in [0, 0.05) is 6.54 Å². The molecular formula is C12H13NO4S2. The van der Waals surface area contributed by atoms with Gasteiger partial charge >= 0.3 is 0 Å². The molecule has 0 N–H and O–H groups in total. The van der Waals surface area contributed by atoms with Gasteiger partial charge in [0.05, 0.1) is 16.4 Å². The van der Waals surface area contributed by atoms with E-state index in [9.17, 15) is 18.0 Å². The van der Waals surface area contributed by atoms with Gasteiger partial charge in [-0.2, -0.15) is 0 Å². The third kappa shape index (κ3) is 3.16. The molecule has 0 bridgehead atoms. The maximum absolute atomic E-state index is 12.1. The second kappa shape index (κ2) is 5.34. The highest BCUT2D eigenvalue weighted by Gasteiger charge is 2.30. The Bertz CT molecular complexity index is 591. The molecule has 1 aliphatic heterocycles. The number of imide groups is 1. The van der Waals surface area contributed by atoms with Crippen LogP contribution in [0.25, 0.3) is 0 Å². The number of carbonyl (C=O) groups is 2. The molecule has 0 aliphatic carbocycles. The molecule has 0 aromatic heterocycles. The van der Waals surface area contributed by atoms with Gasteiger partial charge in [-0.05, 0) is 19.1 Å². The fraction of sp³-hybridized carbons (Fsp3) is 0.333. The van der Waals surface area contributed by atoms with E-state index in [0.29, 0.717) is 0 Å². The Hall–Kier alpha value is -1.34. The van der Waals surface area contributed by atoms with E-state index in [2.05, 4.69) is 0 Å². The first-order valence-electron chi connectivity index (χ1n) is 5.67. The number of aryl methyl sites for hydroxylation is 1. The fourth-order valence-corrected chi connectivity index (χ4v) is 3.63. The van der Waals surface area contributed by atoms with Crippen molar-refractivity contribution in [3.63, 3.8) is 0 Å². The van der Waals surface area contributed by atoms with Gasteiger partial charge in [0.15, 0.2) is 9.84 Å². The first-order chi connectivity index (χ1) is 8.90. The average Bonchev–Trinajstić information content (AvgIpc) is 2.67. The van der Waals surface area contributed by atoms with Crippen LogP contribution in [0.5, 0.6) is 0 Å².